The van der Waals surface area contributed by atoms with Crippen molar-refractivity contribution in [1.82, 2.24) is 0 Å². The van der Waals surface area contributed by atoms with E-state index in [1.165, 1.54) is 0 Å². The van der Waals surface area contributed by atoms with Crippen LogP contribution in [0.15, 0.2) is 0 Å². The van der Waals surface area contributed by atoms with Gasteiger partial charge >= 0.3 is 0 Å². The average molecular weight is 253 g/mol. The molecular formula is C10H24NO4P. The van der Waals surface area contributed by atoms with Crippen molar-refractivity contribution >= 4 is 7.82 Å². The van der Waals surface area contributed by atoms with Crippen molar-refractivity contribution < 1.29 is 23.0 Å². The van der Waals surface area contributed by atoms with Gasteiger partial charge in [-0.3, -0.25) is 4.57 Å². The predicted octanol–water partition coefficient (Wildman–Crippen LogP) is 1.38. The van der Waals surface area contributed by atoms with Gasteiger partial charge in [-0.05, 0) is 6.42 Å². The Labute approximate surface area is 98.6 Å². The van der Waals surface area contributed by atoms with Crippen molar-refractivity contribution in [3.8, 4) is 0 Å². The fourth-order valence-corrected chi connectivity index (χ4v) is 1.72. The van der Waals surface area contributed by atoms with E-state index >= 15 is 0 Å². The van der Waals surface area contributed by atoms with Crippen LogP contribution in [0.25, 0.3) is 0 Å². The van der Waals surface area contributed by atoms with Gasteiger partial charge in [-0.2, -0.15) is 0 Å². The SMILES string of the molecule is CCCCCOP(=O)([O-])OCC[N+](C)(C)C. The largest absolute Gasteiger partial charge is 0.756 e. The smallest absolute Gasteiger partial charge is 0.268 e. The van der Waals surface area contributed by atoms with Crippen LogP contribution in [0.3, 0.4) is 0 Å². The van der Waals surface area contributed by atoms with Crippen LogP contribution in [-0.4, -0.2) is 45.4 Å². The van der Waals surface area contributed by atoms with Gasteiger partial charge in [0.05, 0.1) is 27.7 Å². The minimum absolute atomic E-state index is 0.165. The summed E-state index contributed by atoms with van der Waals surface area (Å²) >= 11 is 0. The summed E-state index contributed by atoms with van der Waals surface area (Å²) in [5.74, 6) is 0. The number of likely N-dealkylation sites (N-methyl/N-ethyl adjacent to an activating group) is 1. The Balaban J connectivity index is 3.66. The molecule has 0 saturated carbocycles. The molecule has 0 aromatic rings. The highest BCUT2D eigenvalue weighted by molar-refractivity contribution is 7.45. The summed E-state index contributed by atoms with van der Waals surface area (Å²) in [6.07, 6.45) is 2.76. The topological polar surface area (TPSA) is 58.6 Å². The second-order valence-corrected chi connectivity index (χ2v) is 6.25. The minimum Gasteiger partial charge on any atom is -0.756 e. The third-order valence-corrected chi connectivity index (χ3v) is 3.01. The molecule has 0 saturated heterocycles. The molecule has 5 nitrogen and oxygen atoms in total. The predicted molar refractivity (Wildman–Crippen MR) is 61.9 cm³/mol. The molecule has 0 N–H and O–H groups in total. The lowest BCUT2D eigenvalue weighted by atomic mass is 10.3. The Morgan fingerprint density at radius 1 is 1.12 bits per heavy atom. The molecule has 0 fully saturated rings. The molecule has 98 valence electrons. The number of hydrogen-bond donors (Lipinski definition) is 0. The summed E-state index contributed by atoms with van der Waals surface area (Å²) in [5.41, 5.74) is 0. The Hall–Kier alpha value is 0.0700. The zero-order valence-corrected chi connectivity index (χ0v) is 11.7. The first-order valence-corrected chi connectivity index (χ1v) is 7.13. The van der Waals surface area contributed by atoms with Crippen LogP contribution in [0.5, 0.6) is 0 Å². The highest BCUT2D eigenvalue weighted by Crippen LogP contribution is 2.38. The Bertz CT molecular complexity index is 227. The van der Waals surface area contributed by atoms with E-state index in [4.69, 9.17) is 9.05 Å². The number of quaternary nitrogens is 1. The molecule has 0 aliphatic carbocycles. The van der Waals surface area contributed by atoms with Gasteiger partial charge in [-0.25, -0.2) is 0 Å². The van der Waals surface area contributed by atoms with Crippen molar-refractivity contribution in [1.29, 1.82) is 0 Å². The fraction of sp³-hybridized carbons (Fsp3) is 1.00. The fourth-order valence-electron chi connectivity index (χ4n) is 0.992. The van der Waals surface area contributed by atoms with Gasteiger partial charge in [0.1, 0.15) is 13.2 Å². The van der Waals surface area contributed by atoms with Gasteiger partial charge in [0, 0.05) is 0 Å². The monoisotopic (exact) mass is 253 g/mol. The maximum atomic E-state index is 11.3. The summed E-state index contributed by atoms with van der Waals surface area (Å²) in [6, 6.07) is 0. The summed E-state index contributed by atoms with van der Waals surface area (Å²) in [5, 5.41) is 0. The molecule has 0 aliphatic rings. The zero-order valence-electron chi connectivity index (χ0n) is 10.8. The first-order chi connectivity index (χ1) is 7.27. The molecule has 0 amide bonds. The molecule has 6 heteroatoms. The van der Waals surface area contributed by atoms with Crippen molar-refractivity contribution in [3.63, 3.8) is 0 Å². The average Bonchev–Trinajstić information content (AvgIpc) is 2.10. The van der Waals surface area contributed by atoms with E-state index in [0.717, 1.165) is 19.3 Å². The third-order valence-electron chi connectivity index (χ3n) is 2.01. The Kier molecular flexibility index (Phi) is 7.44. The van der Waals surface area contributed by atoms with E-state index in [1.807, 2.05) is 21.1 Å². The molecule has 0 aliphatic heterocycles. The Morgan fingerprint density at radius 3 is 2.19 bits per heavy atom. The Morgan fingerprint density at radius 2 is 1.69 bits per heavy atom. The number of rotatable bonds is 9. The van der Waals surface area contributed by atoms with Crippen molar-refractivity contribution in [3.05, 3.63) is 0 Å². The summed E-state index contributed by atoms with van der Waals surface area (Å²) in [6.45, 7) is 3.07. The van der Waals surface area contributed by atoms with E-state index in [1.54, 1.807) is 0 Å². The van der Waals surface area contributed by atoms with Crippen LogP contribution >= 0.6 is 7.82 Å². The molecule has 0 spiro atoms. The van der Waals surface area contributed by atoms with Crippen LogP contribution in [0, 0.1) is 0 Å². The van der Waals surface area contributed by atoms with Crippen LogP contribution in [0.1, 0.15) is 26.2 Å². The van der Waals surface area contributed by atoms with Crippen molar-refractivity contribution in [2.75, 3.05) is 40.9 Å². The second kappa shape index (κ2) is 7.41. The zero-order chi connectivity index (χ0) is 12.7. The summed E-state index contributed by atoms with van der Waals surface area (Å²) < 4.78 is 21.4. The van der Waals surface area contributed by atoms with Crippen LogP contribution in [-0.2, 0) is 13.6 Å². The first kappa shape index (κ1) is 16.1. The number of nitrogens with zero attached hydrogens (tertiary/aromatic N) is 1. The molecular weight excluding hydrogens is 229 g/mol. The number of phosphoric acid groups is 1. The lowest BCUT2D eigenvalue weighted by Crippen LogP contribution is -2.37. The van der Waals surface area contributed by atoms with Gasteiger partial charge in [0.15, 0.2) is 0 Å². The number of unbranched alkanes of at least 4 members (excludes halogenated alkanes) is 2. The molecule has 0 aromatic heterocycles. The molecule has 1 atom stereocenters. The van der Waals surface area contributed by atoms with E-state index in [2.05, 4.69) is 6.92 Å². The molecule has 0 bridgehead atoms. The second-order valence-electron chi connectivity index (χ2n) is 4.83. The molecule has 16 heavy (non-hydrogen) atoms. The summed E-state index contributed by atoms with van der Waals surface area (Å²) in [7, 11) is 1.84. The first-order valence-electron chi connectivity index (χ1n) is 5.67. The molecule has 1 unspecified atom stereocenters. The highest BCUT2D eigenvalue weighted by Gasteiger charge is 2.12. The quantitative estimate of drug-likeness (QED) is 0.354. The normalized spacial score (nSPS) is 16.1. The van der Waals surface area contributed by atoms with Gasteiger partial charge in [0.25, 0.3) is 7.82 Å². The molecule has 0 aromatic carbocycles. The van der Waals surface area contributed by atoms with E-state index in [0.29, 0.717) is 11.0 Å². The van der Waals surface area contributed by atoms with E-state index in [9.17, 15) is 9.46 Å². The van der Waals surface area contributed by atoms with Crippen molar-refractivity contribution in [2.24, 2.45) is 0 Å². The van der Waals surface area contributed by atoms with E-state index < -0.39 is 7.82 Å². The van der Waals surface area contributed by atoms with Crippen LogP contribution in [0.4, 0.5) is 0 Å². The molecule has 0 rings (SSSR count). The van der Waals surface area contributed by atoms with Crippen LogP contribution in [0.2, 0.25) is 0 Å². The number of hydrogen-bond acceptors (Lipinski definition) is 4. The summed E-state index contributed by atoms with van der Waals surface area (Å²) in [4.78, 5) is 11.3. The lowest BCUT2D eigenvalue weighted by molar-refractivity contribution is -0.870. The lowest BCUT2D eigenvalue weighted by Gasteiger charge is -2.27. The van der Waals surface area contributed by atoms with Crippen LogP contribution < -0.4 is 4.89 Å². The van der Waals surface area contributed by atoms with Gasteiger partial charge in [-0.15, -0.1) is 0 Å². The van der Waals surface area contributed by atoms with E-state index in [-0.39, 0.29) is 13.2 Å². The van der Waals surface area contributed by atoms with Gasteiger partial charge < -0.3 is 18.4 Å². The number of phosphoric ester groups is 1. The molecule has 0 heterocycles. The molecule has 0 radical (unpaired) electrons. The van der Waals surface area contributed by atoms with Gasteiger partial charge in [-0.1, -0.05) is 19.8 Å². The minimum atomic E-state index is -4.08. The maximum Gasteiger partial charge on any atom is 0.268 e. The highest BCUT2D eigenvalue weighted by atomic mass is 31.2. The van der Waals surface area contributed by atoms with Crippen molar-refractivity contribution in [2.45, 2.75) is 26.2 Å². The maximum absolute atomic E-state index is 11.3. The third kappa shape index (κ3) is 10.6. The standard InChI is InChI=1S/C10H24NO4P/c1-5-6-7-9-14-16(12,13)15-10-8-11(2,3)4/h5-10H2,1-4H3. The van der Waals surface area contributed by atoms with Gasteiger partial charge in [0.2, 0.25) is 0 Å².